The van der Waals surface area contributed by atoms with Crippen molar-refractivity contribution < 1.29 is 9.90 Å². The van der Waals surface area contributed by atoms with E-state index in [9.17, 15) is 4.79 Å². The third-order valence-electron chi connectivity index (χ3n) is 2.78. The van der Waals surface area contributed by atoms with Crippen LogP contribution in [0.2, 0.25) is 0 Å². The number of rotatable bonds is 2. The van der Waals surface area contributed by atoms with Gasteiger partial charge in [0.1, 0.15) is 4.60 Å². The number of hydrogen-bond donors (Lipinski definition) is 1. The summed E-state index contributed by atoms with van der Waals surface area (Å²) in [5.41, 5.74) is 2.61. The summed E-state index contributed by atoms with van der Waals surface area (Å²) in [6.07, 6.45) is 5.22. The second-order valence-corrected chi connectivity index (χ2v) is 4.78. The zero-order valence-corrected chi connectivity index (χ0v) is 11.2. The Morgan fingerprint density at radius 1 is 1.16 bits per heavy atom. The first-order valence-corrected chi connectivity index (χ1v) is 6.27. The highest BCUT2D eigenvalue weighted by Gasteiger charge is 2.06. The second-order valence-electron chi connectivity index (χ2n) is 3.96. The molecule has 0 aliphatic carbocycles. The van der Waals surface area contributed by atoms with Crippen LogP contribution in [0.1, 0.15) is 10.4 Å². The van der Waals surface area contributed by atoms with Gasteiger partial charge >= 0.3 is 5.97 Å². The molecule has 3 aromatic rings. The number of carbonyl (C=O) groups is 1. The normalized spacial score (nSPS) is 10.8. The minimum Gasteiger partial charge on any atom is -0.478 e. The standard InChI is InChI=1S/C13H8BrN3O2/c14-11-5-16-12-6-15-10(7-17(11)12)8-1-3-9(4-2-8)13(18)19/h1-7H,(H,18,19). The number of imidazole rings is 1. The molecule has 2 heterocycles. The van der Waals surface area contributed by atoms with E-state index in [0.717, 1.165) is 21.5 Å². The highest BCUT2D eigenvalue weighted by Crippen LogP contribution is 2.20. The number of carboxylic acids is 1. The molecule has 0 atom stereocenters. The highest BCUT2D eigenvalue weighted by molar-refractivity contribution is 9.10. The van der Waals surface area contributed by atoms with Crippen LogP contribution in [0.5, 0.6) is 0 Å². The molecule has 0 saturated heterocycles. The van der Waals surface area contributed by atoms with Gasteiger partial charge in [0, 0.05) is 11.8 Å². The van der Waals surface area contributed by atoms with Crippen LogP contribution in [-0.4, -0.2) is 25.4 Å². The maximum atomic E-state index is 10.8. The summed E-state index contributed by atoms with van der Waals surface area (Å²) in [5, 5.41) is 8.86. The molecule has 6 heteroatoms. The number of hydrogen-bond acceptors (Lipinski definition) is 3. The Balaban J connectivity index is 2.08. The zero-order valence-electron chi connectivity index (χ0n) is 9.62. The molecular formula is C13H8BrN3O2. The van der Waals surface area contributed by atoms with Gasteiger partial charge < -0.3 is 5.11 Å². The highest BCUT2D eigenvalue weighted by atomic mass is 79.9. The first-order valence-electron chi connectivity index (χ1n) is 5.47. The number of carboxylic acid groups (broad SMARTS) is 1. The predicted octanol–water partition coefficient (Wildman–Crippen LogP) is 2.86. The van der Waals surface area contributed by atoms with E-state index in [-0.39, 0.29) is 5.56 Å². The maximum Gasteiger partial charge on any atom is 0.335 e. The van der Waals surface area contributed by atoms with Crippen molar-refractivity contribution in [3.8, 4) is 11.3 Å². The van der Waals surface area contributed by atoms with Gasteiger partial charge in [-0.2, -0.15) is 0 Å². The van der Waals surface area contributed by atoms with Crippen molar-refractivity contribution in [2.24, 2.45) is 0 Å². The molecule has 94 valence electrons. The fourth-order valence-electron chi connectivity index (χ4n) is 1.79. The lowest BCUT2D eigenvalue weighted by atomic mass is 10.1. The molecule has 0 aliphatic rings. The summed E-state index contributed by atoms with van der Waals surface area (Å²) in [7, 11) is 0. The largest absolute Gasteiger partial charge is 0.478 e. The third-order valence-corrected chi connectivity index (χ3v) is 3.37. The van der Waals surface area contributed by atoms with E-state index in [1.165, 1.54) is 0 Å². The van der Waals surface area contributed by atoms with Crippen LogP contribution in [0.25, 0.3) is 16.9 Å². The SMILES string of the molecule is O=C(O)c1ccc(-c2cn3c(Br)cnc3cn2)cc1. The smallest absolute Gasteiger partial charge is 0.335 e. The van der Waals surface area contributed by atoms with Gasteiger partial charge in [-0.25, -0.2) is 9.78 Å². The van der Waals surface area contributed by atoms with Gasteiger partial charge in [0.2, 0.25) is 0 Å². The molecule has 1 aromatic carbocycles. The van der Waals surface area contributed by atoms with E-state index in [0.29, 0.717) is 0 Å². The van der Waals surface area contributed by atoms with Gasteiger partial charge in [-0.3, -0.25) is 9.38 Å². The lowest BCUT2D eigenvalue weighted by Gasteiger charge is -2.03. The predicted molar refractivity (Wildman–Crippen MR) is 73.1 cm³/mol. The van der Waals surface area contributed by atoms with Gasteiger partial charge in [-0.05, 0) is 28.1 Å². The van der Waals surface area contributed by atoms with Crippen molar-refractivity contribution in [1.29, 1.82) is 0 Å². The van der Waals surface area contributed by atoms with Crippen molar-refractivity contribution in [3.63, 3.8) is 0 Å². The summed E-state index contributed by atoms with van der Waals surface area (Å²) in [5.74, 6) is -0.938. The van der Waals surface area contributed by atoms with Crippen LogP contribution in [0.3, 0.4) is 0 Å². The van der Waals surface area contributed by atoms with Crippen molar-refractivity contribution >= 4 is 27.5 Å². The maximum absolute atomic E-state index is 10.8. The van der Waals surface area contributed by atoms with Gasteiger partial charge in [0.05, 0.1) is 23.7 Å². The molecule has 0 aliphatic heterocycles. The number of halogens is 1. The molecule has 3 rings (SSSR count). The van der Waals surface area contributed by atoms with E-state index in [1.807, 2.05) is 10.6 Å². The van der Waals surface area contributed by atoms with Crippen LogP contribution in [0, 0.1) is 0 Å². The molecular weight excluding hydrogens is 310 g/mol. The molecule has 0 saturated carbocycles. The monoisotopic (exact) mass is 317 g/mol. The Kier molecular flexibility index (Phi) is 2.79. The van der Waals surface area contributed by atoms with Gasteiger partial charge in [0.15, 0.2) is 5.65 Å². The number of fused-ring (bicyclic) bond motifs is 1. The lowest BCUT2D eigenvalue weighted by molar-refractivity contribution is 0.0697. The average molecular weight is 318 g/mol. The van der Waals surface area contributed by atoms with Crippen molar-refractivity contribution in [3.05, 3.63) is 53.0 Å². The molecule has 1 N–H and O–H groups in total. The first kappa shape index (κ1) is 11.9. The van der Waals surface area contributed by atoms with Crippen molar-refractivity contribution in [2.75, 3.05) is 0 Å². The molecule has 0 amide bonds. The molecule has 2 aromatic heterocycles. The number of benzene rings is 1. The summed E-state index contributed by atoms with van der Waals surface area (Å²) < 4.78 is 2.71. The van der Waals surface area contributed by atoms with E-state index in [1.54, 1.807) is 36.7 Å². The zero-order chi connectivity index (χ0) is 13.4. The lowest BCUT2D eigenvalue weighted by Crippen LogP contribution is -1.96. The molecule has 0 bridgehead atoms. The van der Waals surface area contributed by atoms with Gasteiger partial charge in [0.25, 0.3) is 0 Å². The van der Waals surface area contributed by atoms with E-state index in [2.05, 4.69) is 25.9 Å². The average Bonchev–Trinajstić information content (AvgIpc) is 2.80. The van der Waals surface area contributed by atoms with Crippen LogP contribution in [0.15, 0.2) is 47.5 Å². The third kappa shape index (κ3) is 2.10. The van der Waals surface area contributed by atoms with E-state index in [4.69, 9.17) is 5.11 Å². The van der Waals surface area contributed by atoms with Gasteiger partial charge in [-0.15, -0.1) is 0 Å². The summed E-state index contributed by atoms with van der Waals surface area (Å²) in [6.45, 7) is 0. The van der Waals surface area contributed by atoms with E-state index < -0.39 is 5.97 Å². The molecule has 0 radical (unpaired) electrons. The molecule has 0 fully saturated rings. The number of aromatic nitrogens is 3. The Hall–Kier alpha value is -2.21. The van der Waals surface area contributed by atoms with Crippen LogP contribution >= 0.6 is 15.9 Å². The van der Waals surface area contributed by atoms with Gasteiger partial charge in [-0.1, -0.05) is 12.1 Å². The fraction of sp³-hybridized carbons (Fsp3) is 0. The summed E-state index contributed by atoms with van der Waals surface area (Å²) in [6, 6.07) is 6.60. The molecule has 0 unspecified atom stereocenters. The topological polar surface area (TPSA) is 67.5 Å². The quantitative estimate of drug-likeness (QED) is 0.789. The molecule has 5 nitrogen and oxygen atoms in total. The Morgan fingerprint density at radius 2 is 1.89 bits per heavy atom. The summed E-state index contributed by atoms with van der Waals surface area (Å²) in [4.78, 5) is 19.3. The Labute approximate surface area is 116 Å². The Bertz CT molecular complexity index is 765. The fourth-order valence-corrected chi connectivity index (χ4v) is 2.18. The first-order chi connectivity index (χ1) is 9.15. The van der Waals surface area contributed by atoms with Crippen LogP contribution in [0.4, 0.5) is 0 Å². The summed E-state index contributed by atoms with van der Waals surface area (Å²) >= 11 is 3.40. The van der Waals surface area contributed by atoms with Crippen molar-refractivity contribution in [2.45, 2.75) is 0 Å². The van der Waals surface area contributed by atoms with E-state index >= 15 is 0 Å². The van der Waals surface area contributed by atoms with Crippen LogP contribution in [-0.2, 0) is 0 Å². The minimum absolute atomic E-state index is 0.258. The Morgan fingerprint density at radius 3 is 2.58 bits per heavy atom. The molecule has 0 spiro atoms. The second kappa shape index (κ2) is 4.47. The molecule has 19 heavy (non-hydrogen) atoms. The van der Waals surface area contributed by atoms with Crippen LogP contribution < -0.4 is 0 Å². The number of aromatic carboxylic acids is 1. The number of nitrogens with zero attached hydrogens (tertiary/aromatic N) is 3. The minimum atomic E-state index is -0.938. The van der Waals surface area contributed by atoms with Crippen molar-refractivity contribution in [1.82, 2.24) is 14.4 Å².